The summed E-state index contributed by atoms with van der Waals surface area (Å²) < 4.78 is 0. The molecule has 0 amide bonds. The maximum atomic E-state index is 3.65. The zero-order valence-corrected chi connectivity index (χ0v) is 9.52. The van der Waals surface area contributed by atoms with Crippen LogP contribution in [0.25, 0.3) is 0 Å². The van der Waals surface area contributed by atoms with Gasteiger partial charge in [0.15, 0.2) is 0 Å². The van der Waals surface area contributed by atoms with Gasteiger partial charge in [-0.25, -0.2) is 0 Å². The van der Waals surface area contributed by atoms with Crippen molar-refractivity contribution in [2.75, 3.05) is 5.75 Å². The Bertz CT molecular complexity index is 204. The molecule has 0 nitrogen and oxygen atoms in total. The van der Waals surface area contributed by atoms with Crippen LogP contribution in [0.15, 0.2) is 47.9 Å². The van der Waals surface area contributed by atoms with Crippen LogP contribution < -0.4 is 0 Å². The van der Waals surface area contributed by atoms with Gasteiger partial charge in [-0.3, -0.25) is 0 Å². The summed E-state index contributed by atoms with van der Waals surface area (Å²) >= 11 is 1.80. The SMILES string of the molecule is C=CCSc1ccccc1.[Ca+2].[H-].[H-]. The summed E-state index contributed by atoms with van der Waals surface area (Å²) in [5, 5.41) is 0. The Morgan fingerprint density at radius 3 is 2.55 bits per heavy atom. The van der Waals surface area contributed by atoms with E-state index in [4.69, 9.17) is 0 Å². The quantitative estimate of drug-likeness (QED) is 0.403. The van der Waals surface area contributed by atoms with Crippen molar-refractivity contribution in [3.8, 4) is 0 Å². The number of rotatable bonds is 3. The second kappa shape index (κ2) is 7.23. The first kappa shape index (κ1) is 11.6. The molecule has 0 bridgehead atoms. The molecule has 56 valence electrons. The maximum Gasteiger partial charge on any atom is 2.00 e. The van der Waals surface area contributed by atoms with Gasteiger partial charge in [0, 0.05) is 10.6 Å². The molecule has 0 aliphatic carbocycles. The summed E-state index contributed by atoms with van der Waals surface area (Å²) in [6.07, 6.45) is 1.91. The molecule has 0 unspecified atom stereocenters. The van der Waals surface area contributed by atoms with Gasteiger partial charge in [-0.2, -0.15) is 0 Å². The van der Waals surface area contributed by atoms with Gasteiger partial charge in [-0.15, -0.1) is 18.3 Å². The number of benzene rings is 1. The van der Waals surface area contributed by atoms with E-state index in [1.165, 1.54) is 4.90 Å². The van der Waals surface area contributed by atoms with Crippen molar-refractivity contribution in [1.82, 2.24) is 0 Å². The molecule has 0 saturated carbocycles. The summed E-state index contributed by atoms with van der Waals surface area (Å²) in [4.78, 5) is 1.31. The summed E-state index contributed by atoms with van der Waals surface area (Å²) in [5.74, 6) is 0.990. The van der Waals surface area contributed by atoms with Crippen LogP contribution in [0.3, 0.4) is 0 Å². The Kier molecular flexibility index (Phi) is 7.61. The van der Waals surface area contributed by atoms with Gasteiger partial charge in [0.2, 0.25) is 0 Å². The first-order chi connectivity index (χ1) is 4.93. The fourth-order valence-corrected chi connectivity index (χ4v) is 1.33. The topological polar surface area (TPSA) is 0 Å². The molecular weight excluding hydrogens is 180 g/mol. The van der Waals surface area contributed by atoms with Crippen molar-refractivity contribution in [2.45, 2.75) is 4.90 Å². The molecule has 0 heterocycles. The van der Waals surface area contributed by atoms with E-state index in [0.717, 1.165) is 5.75 Å². The fourth-order valence-electron chi connectivity index (χ4n) is 0.672. The van der Waals surface area contributed by atoms with Crippen LogP contribution in [0.2, 0.25) is 0 Å². The van der Waals surface area contributed by atoms with Gasteiger partial charge in [-0.1, -0.05) is 24.3 Å². The standard InChI is InChI=1S/C9H10S.Ca.2H/c1-2-8-10-9-6-4-3-5-7-9;;;/h2-7H,1,8H2;;;/q;+2;2*-1. The van der Waals surface area contributed by atoms with Gasteiger partial charge in [0.1, 0.15) is 0 Å². The third-order valence-corrected chi connectivity index (χ3v) is 2.12. The minimum Gasteiger partial charge on any atom is -1.00 e. The first-order valence-electron chi connectivity index (χ1n) is 3.22. The molecule has 1 aromatic carbocycles. The predicted octanol–water partition coefficient (Wildman–Crippen LogP) is 2.81. The molecule has 2 heteroatoms. The van der Waals surface area contributed by atoms with E-state index in [2.05, 4.69) is 18.7 Å². The average Bonchev–Trinajstić information content (AvgIpc) is 2.03. The molecule has 1 rings (SSSR count). The van der Waals surface area contributed by atoms with Gasteiger partial charge in [0.05, 0.1) is 0 Å². The molecule has 0 radical (unpaired) electrons. The molecule has 0 saturated heterocycles. The van der Waals surface area contributed by atoms with Crippen LogP contribution >= 0.6 is 11.8 Å². The van der Waals surface area contributed by atoms with Crippen LogP contribution in [0.4, 0.5) is 0 Å². The Hall–Kier alpha value is 0.570. The normalized spacial score (nSPS) is 8.36. The molecule has 0 atom stereocenters. The van der Waals surface area contributed by atoms with E-state index < -0.39 is 0 Å². The first-order valence-corrected chi connectivity index (χ1v) is 4.21. The van der Waals surface area contributed by atoms with Crippen molar-refractivity contribution in [1.29, 1.82) is 0 Å². The van der Waals surface area contributed by atoms with E-state index in [1.807, 2.05) is 24.3 Å². The van der Waals surface area contributed by atoms with Gasteiger partial charge >= 0.3 is 37.7 Å². The minimum absolute atomic E-state index is 0. The van der Waals surface area contributed by atoms with Crippen molar-refractivity contribution in [3.05, 3.63) is 43.0 Å². The molecule has 0 fully saturated rings. The Morgan fingerprint density at radius 2 is 2.00 bits per heavy atom. The molecule has 0 spiro atoms. The summed E-state index contributed by atoms with van der Waals surface area (Å²) in [6, 6.07) is 10.3. The zero-order valence-electron chi connectivity index (χ0n) is 8.49. The monoisotopic (exact) mass is 192 g/mol. The summed E-state index contributed by atoms with van der Waals surface area (Å²) in [5.41, 5.74) is 0. The van der Waals surface area contributed by atoms with E-state index >= 15 is 0 Å². The smallest absolute Gasteiger partial charge is 1.00 e. The molecule has 0 aliphatic rings. The van der Waals surface area contributed by atoms with E-state index in [1.54, 1.807) is 11.8 Å². The molecule has 1 aromatic rings. The van der Waals surface area contributed by atoms with Gasteiger partial charge in [0.25, 0.3) is 0 Å². The molecule has 11 heavy (non-hydrogen) atoms. The molecular formula is C9H12CaS. The Balaban J connectivity index is -0.000000333. The Morgan fingerprint density at radius 1 is 1.36 bits per heavy atom. The zero-order chi connectivity index (χ0) is 7.23. The summed E-state index contributed by atoms with van der Waals surface area (Å²) in [6.45, 7) is 3.65. The van der Waals surface area contributed by atoms with E-state index in [0.29, 0.717) is 0 Å². The average molecular weight is 192 g/mol. The van der Waals surface area contributed by atoms with Crippen LogP contribution in [0.5, 0.6) is 0 Å². The van der Waals surface area contributed by atoms with Crippen LogP contribution in [0, 0.1) is 0 Å². The molecule has 0 aliphatic heterocycles. The van der Waals surface area contributed by atoms with Crippen LogP contribution in [-0.4, -0.2) is 43.5 Å². The number of hydrogen-bond donors (Lipinski definition) is 0. The summed E-state index contributed by atoms with van der Waals surface area (Å²) in [7, 11) is 0. The second-order valence-electron chi connectivity index (χ2n) is 1.91. The maximum absolute atomic E-state index is 3.65. The third kappa shape index (κ3) is 4.91. The van der Waals surface area contributed by atoms with Crippen LogP contribution in [-0.2, 0) is 0 Å². The number of thioether (sulfide) groups is 1. The molecule has 0 aromatic heterocycles. The van der Waals surface area contributed by atoms with E-state index in [-0.39, 0.29) is 40.6 Å². The van der Waals surface area contributed by atoms with Crippen molar-refractivity contribution in [2.24, 2.45) is 0 Å². The third-order valence-electron chi connectivity index (χ3n) is 1.11. The Labute approximate surface area is 105 Å². The fraction of sp³-hybridized carbons (Fsp3) is 0.111. The van der Waals surface area contributed by atoms with Gasteiger partial charge in [-0.05, 0) is 12.1 Å². The van der Waals surface area contributed by atoms with E-state index in [9.17, 15) is 0 Å². The number of hydrogen-bond acceptors (Lipinski definition) is 1. The van der Waals surface area contributed by atoms with Gasteiger partial charge < -0.3 is 2.85 Å². The molecule has 0 N–H and O–H groups in total. The minimum atomic E-state index is 0. The van der Waals surface area contributed by atoms with Crippen molar-refractivity contribution < 1.29 is 2.85 Å². The van der Waals surface area contributed by atoms with Crippen molar-refractivity contribution in [3.63, 3.8) is 0 Å². The largest absolute Gasteiger partial charge is 2.00 e. The second-order valence-corrected chi connectivity index (χ2v) is 3.01. The van der Waals surface area contributed by atoms with Crippen molar-refractivity contribution >= 4 is 49.5 Å². The van der Waals surface area contributed by atoms with Crippen LogP contribution in [0.1, 0.15) is 2.85 Å². The predicted molar refractivity (Wildman–Crippen MR) is 55.3 cm³/mol.